The molecule has 2 aromatic carbocycles. The van der Waals surface area contributed by atoms with Crippen LogP contribution in [-0.2, 0) is 0 Å². The summed E-state index contributed by atoms with van der Waals surface area (Å²) < 4.78 is 11.5. The van der Waals surface area contributed by atoms with Gasteiger partial charge in [-0.05, 0) is 68.7 Å². The summed E-state index contributed by atoms with van der Waals surface area (Å²) in [5.74, 6) is 1.21. The Bertz CT molecular complexity index is 897. The smallest absolute Gasteiger partial charge is 0.251 e. The Morgan fingerprint density at radius 1 is 1.10 bits per heavy atom. The van der Waals surface area contributed by atoms with Crippen LogP contribution in [-0.4, -0.2) is 38.3 Å². The average molecular weight is 422 g/mol. The number of hydrogen-bond acceptors (Lipinski definition) is 5. The Morgan fingerprint density at radius 2 is 1.84 bits per heavy atom. The van der Waals surface area contributed by atoms with Crippen LogP contribution in [0.15, 0.2) is 42.5 Å². The van der Waals surface area contributed by atoms with Crippen molar-refractivity contribution in [2.75, 3.05) is 31.2 Å². The molecule has 0 aliphatic carbocycles. The lowest BCUT2D eigenvalue weighted by Gasteiger charge is -2.34. The van der Waals surface area contributed by atoms with Crippen molar-refractivity contribution in [1.82, 2.24) is 5.32 Å². The van der Waals surface area contributed by atoms with E-state index < -0.39 is 0 Å². The van der Waals surface area contributed by atoms with Gasteiger partial charge in [-0.15, -0.1) is 0 Å². The van der Waals surface area contributed by atoms with Gasteiger partial charge in [0.15, 0.2) is 11.5 Å². The number of carbonyl (C=O) groups is 1. The molecule has 0 unspecified atom stereocenters. The molecule has 1 saturated heterocycles. The van der Waals surface area contributed by atoms with Gasteiger partial charge < -0.3 is 19.7 Å². The minimum atomic E-state index is -0.0853. The lowest BCUT2D eigenvalue weighted by molar-refractivity contribution is 0.0930. The molecule has 1 N–H and O–H groups in total. The van der Waals surface area contributed by atoms with E-state index in [0.717, 1.165) is 44.5 Å². The van der Waals surface area contributed by atoms with Crippen LogP contribution in [0.5, 0.6) is 11.5 Å². The third-order valence-electron chi connectivity index (χ3n) is 5.45. The summed E-state index contributed by atoms with van der Waals surface area (Å²) >= 11 is 0. The molecule has 0 radical (unpaired) electrons. The van der Waals surface area contributed by atoms with Crippen LogP contribution in [0.1, 0.15) is 55.5 Å². The number of carbonyl (C=O) groups excluding carboxylic acids is 1. The number of anilines is 1. The fourth-order valence-electron chi connectivity index (χ4n) is 3.66. The molecule has 2 aromatic rings. The van der Waals surface area contributed by atoms with Gasteiger partial charge in [0.1, 0.15) is 0 Å². The SMILES string of the molecule is CCCCOc1ccc(C(=O)NC2CCN(c3ccc(C#N)cc3)CC2)cc1OCC. The van der Waals surface area contributed by atoms with Gasteiger partial charge in [0.2, 0.25) is 0 Å². The van der Waals surface area contributed by atoms with E-state index in [4.69, 9.17) is 14.7 Å². The van der Waals surface area contributed by atoms with Gasteiger partial charge in [0.05, 0.1) is 24.8 Å². The van der Waals surface area contributed by atoms with Crippen LogP contribution in [0.4, 0.5) is 5.69 Å². The topological polar surface area (TPSA) is 74.6 Å². The molecule has 0 aromatic heterocycles. The first-order valence-corrected chi connectivity index (χ1v) is 11.1. The first-order chi connectivity index (χ1) is 15.1. The minimum Gasteiger partial charge on any atom is -0.490 e. The van der Waals surface area contributed by atoms with E-state index in [1.54, 1.807) is 12.1 Å². The molecule has 1 fully saturated rings. The van der Waals surface area contributed by atoms with Crippen LogP contribution >= 0.6 is 0 Å². The maximum Gasteiger partial charge on any atom is 0.251 e. The van der Waals surface area contributed by atoms with Crippen molar-refractivity contribution in [2.24, 2.45) is 0 Å². The number of rotatable bonds is 9. The fourth-order valence-corrected chi connectivity index (χ4v) is 3.66. The van der Waals surface area contributed by atoms with Gasteiger partial charge in [-0.2, -0.15) is 5.26 Å². The number of nitrogens with zero attached hydrogens (tertiary/aromatic N) is 2. The normalized spacial score (nSPS) is 14.0. The van der Waals surface area contributed by atoms with E-state index in [9.17, 15) is 4.79 Å². The van der Waals surface area contributed by atoms with Gasteiger partial charge >= 0.3 is 0 Å². The van der Waals surface area contributed by atoms with E-state index in [1.165, 1.54) is 0 Å². The Balaban J connectivity index is 1.56. The van der Waals surface area contributed by atoms with E-state index in [1.807, 2.05) is 37.3 Å². The first-order valence-electron chi connectivity index (χ1n) is 11.1. The number of amides is 1. The average Bonchev–Trinajstić information content (AvgIpc) is 2.81. The number of unbranched alkanes of at least 4 members (excludes halogenated alkanes) is 1. The standard InChI is InChI=1S/C25H31N3O3/c1-3-5-16-31-23-11-8-20(17-24(23)30-4-2)25(29)27-21-12-14-28(15-13-21)22-9-6-19(18-26)7-10-22/h6-11,17,21H,3-5,12-16H2,1-2H3,(H,27,29). The van der Waals surface area contributed by atoms with Crippen molar-refractivity contribution >= 4 is 11.6 Å². The number of hydrogen-bond donors (Lipinski definition) is 1. The first kappa shape index (κ1) is 22.5. The van der Waals surface area contributed by atoms with E-state index in [2.05, 4.69) is 23.2 Å². The molecule has 3 rings (SSSR count). The molecule has 1 aliphatic heterocycles. The van der Waals surface area contributed by atoms with Crippen molar-refractivity contribution in [3.63, 3.8) is 0 Å². The minimum absolute atomic E-state index is 0.0853. The molecule has 0 atom stereocenters. The van der Waals surface area contributed by atoms with E-state index in [0.29, 0.717) is 35.8 Å². The number of benzene rings is 2. The van der Waals surface area contributed by atoms with Gasteiger partial charge in [0.25, 0.3) is 5.91 Å². The van der Waals surface area contributed by atoms with Gasteiger partial charge in [-0.1, -0.05) is 13.3 Å². The summed E-state index contributed by atoms with van der Waals surface area (Å²) in [6.45, 7) is 6.93. The van der Waals surface area contributed by atoms with E-state index >= 15 is 0 Å². The summed E-state index contributed by atoms with van der Waals surface area (Å²) in [7, 11) is 0. The Kier molecular flexibility index (Phi) is 8.17. The van der Waals surface area contributed by atoms with Crippen LogP contribution in [0, 0.1) is 11.3 Å². The second kappa shape index (κ2) is 11.3. The van der Waals surface area contributed by atoms with Crippen molar-refractivity contribution in [1.29, 1.82) is 5.26 Å². The largest absolute Gasteiger partial charge is 0.490 e. The molecule has 0 bridgehead atoms. The van der Waals surface area contributed by atoms with Crippen molar-refractivity contribution in [3.8, 4) is 17.6 Å². The molecule has 31 heavy (non-hydrogen) atoms. The number of nitrogens with one attached hydrogen (secondary N) is 1. The predicted octanol–water partition coefficient (Wildman–Crippen LogP) is 4.53. The molecule has 0 saturated carbocycles. The Hall–Kier alpha value is -3.20. The highest BCUT2D eigenvalue weighted by atomic mass is 16.5. The molecular formula is C25H31N3O3. The third kappa shape index (κ3) is 6.14. The van der Waals surface area contributed by atoms with Crippen LogP contribution in [0.25, 0.3) is 0 Å². The molecule has 6 nitrogen and oxygen atoms in total. The second-order valence-corrected chi connectivity index (χ2v) is 7.69. The highest BCUT2D eigenvalue weighted by Crippen LogP contribution is 2.29. The Labute approximate surface area is 184 Å². The van der Waals surface area contributed by atoms with Gasteiger partial charge in [-0.3, -0.25) is 4.79 Å². The van der Waals surface area contributed by atoms with Gasteiger partial charge in [0, 0.05) is 30.4 Å². The van der Waals surface area contributed by atoms with Crippen LogP contribution < -0.4 is 19.7 Å². The summed E-state index contributed by atoms with van der Waals surface area (Å²) in [5, 5.41) is 12.1. The van der Waals surface area contributed by atoms with Crippen molar-refractivity contribution in [2.45, 2.75) is 45.6 Å². The highest BCUT2D eigenvalue weighted by Gasteiger charge is 2.22. The number of nitriles is 1. The lowest BCUT2D eigenvalue weighted by Crippen LogP contribution is -2.44. The molecule has 0 spiro atoms. The monoisotopic (exact) mass is 421 g/mol. The second-order valence-electron chi connectivity index (χ2n) is 7.69. The molecule has 6 heteroatoms. The van der Waals surface area contributed by atoms with Crippen LogP contribution in [0.3, 0.4) is 0 Å². The summed E-state index contributed by atoms with van der Waals surface area (Å²) in [6.07, 6.45) is 3.80. The summed E-state index contributed by atoms with van der Waals surface area (Å²) in [4.78, 5) is 15.1. The zero-order chi connectivity index (χ0) is 22.1. The quantitative estimate of drug-likeness (QED) is 0.602. The molecule has 1 heterocycles. The summed E-state index contributed by atoms with van der Waals surface area (Å²) in [6, 6.07) is 15.3. The third-order valence-corrected chi connectivity index (χ3v) is 5.45. The zero-order valence-corrected chi connectivity index (χ0v) is 18.4. The number of piperidine rings is 1. The number of ether oxygens (including phenoxy) is 2. The maximum absolute atomic E-state index is 12.8. The maximum atomic E-state index is 12.8. The van der Waals surface area contributed by atoms with Crippen molar-refractivity contribution < 1.29 is 14.3 Å². The van der Waals surface area contributed by atoms with Crippen LogP contribution in [0.2, 0.25) is 0 Å². The van der Waals surface area contributed by atoms with Crippen molar-refractivity contribution in [3.05, 3.63) is 53.6 Å². The molecule has 1 amide bonds. The fraction of sp³-hybridized carbons (Fsp3) is 0.440. The predicted molar refractivity (Wildman–Crippen MR) is 122 cm³/mol. The molecule has 164 valence electrons. The molecule has 1 aliphatic rings. The summed E-state index contributed by atoms with van der Waals surface area (Å²) in [5.41, 5.74) is 2.36. The lowest BCUT2D eigenvalue weighted by atomic mass is 10.0. The zero-order valence-electron chi connectivity index (χ0n) is 18.4. The van der Waals surface area contributed by atoms with E-state index in [-0.39, 0.29) is 11.9 Å². The highest BCUT2D eigenvalue weighted by molar-refractivity contribution is 5.95. The van der Waals surface area contributed by atoms with Gasteiger partial charge in [-0.25, -0.2) is 0 Å². The Morgan fingerprint density at radius 3 is 2.48 bits per heavy atom. The molecular weight excluding hydrogens is 390 g/mol.